The second-order valence-electron chi connectivity index (χ2n) is 5.27. The first kappa shape index (κ1) is 13.8. The van der Waals surface area contributed by atoms with Crippen LogP contribution in [0.2, 0.25) is 0 Å². The maximum atomic E-state index is 14.2. The molecular formula is C14H16F2N2OS. The van der Waals surface area contributed by atoms with Crippen LogP contribution in [-0.2, 0) is 10.3 Å². The molecule has 3 unspecified atom stereocenters. The van der Waals surface area contributed by atoms with E-state index in [4.69, 9.17) is 10.5 Å². The van der Waals surface area contributed by atoms with E-state index in [0.717, 1.165) is 12.5 Å². The van der Waals surface area contributed by atoms with Crippen molar-refractivity contribution in [1.82, 2.24) is 0 Å². The minimum absolute atomic E-state index is 0.133. The van der Waals surface area contributed by atoms with Crippen molar-refractivity contribution in [2.45, 2.75) is 24.1 Å². The van der Waals surface area contributed by atoms with Crippen molar-refractivity contribution in [2.24, 2.45) is 16.6 Å². The first-order valence-electron chi connectivity index (χ1n) is 6.58. The van der Waals surface area contributed by atoms with E-state index in [0.29, 0.717) is 17.3 Å². The van der Waals surface area contributed by atoms with E-state index in [1.807, 2.05) is 0 Å². The SMILES string of the molecule is CC1SC(N)=NC2(c3ccc(F)cc3F)COCCC12. The highest BCUT2D eigenvalue weighted by molar-refractivity contribution is 8.14. The molecule has 0 aliphatic carbocycles. The fraction of sp³-hybridized carbons (Fsp3) is 0.500. The average molecular weight is 298 g/mol. The molecule has 0 radical (unpaired) electrons. The van der Waals surface area contributed by atoms with Crippen molar-refractivity contribution in [3.8, 4) is 0 Å². The van der Waals surface area contributed by atoms with Gasteiger partial charge in [-0.05, 0) is 12.5 Å². The van der Waals surface area contributed by atoms with Crippen LogP contribution in [0.1, 0.15) is 18.9 Å². The lowest BCUT2D eigenvalue weighted by Gasteiger charge is -2.46. The fourth-order valence-electron chi connectivity index (χ4n) is 3.20. The van der Waals surface area contributed by atoms with Gasteiger partial charge in [0.05, 0.1) is 6.61 Å². The predicted octanol–water partition coefficient (Wildman–Crippen LogP) is 2.65. The maximum Gasteiger partial charge on any atom is 0.155 e. The first-order chi connectivity index (χ1) is 9.53. The quantitative estimate of drug-likeness (QED) is 0.867. The molecule has 0 bridgehead atoms. The molecule has 2 aliphatic rings. The number of fused-ring (bicyclic) bond motifs is 1. The van der Waals surface area contributed by atoms with Gasteiger partial charge in [-0.15, -0.1) is 0 Å². The molecule has 20 heavy (non-hydrogen) atoms. The molecule has 1 aromatic carbocycles. The van der Waals surface area contributed by atoms with Gasteiger partial charge < -0.3 is 10.5 Å². The van der Waals surface area contributed by atoms with E-state index in [1.165, 1.54) is 23.9 Å². The Morgan fingerprint density at radius 3 is 3.00 bits per heavy atom. The topological polar surface area (TPSA) is 47.6 Å². The number of rotatable bonds is 1. The van der Waals surface area contributed by atoms with Crippen molar-refractivity contribution in [3.63, 3.8) is 0 Å². The molecule has 108 valence electrons. The lowest BCUT2D eigenvalue weighted by atomic mass is 9.74. The van der Waals surface area contributed by atoms with Crippen LogP contribution in [0.25, 0.3) is 0 Å². The highest BCUT2D eigenvalue weighted by Gasteiger charge is 2.49. The largest absolute Gasteiger partial charge is 0.379 e. The van der Waals surface area contributed by atoms with Crippen molar-refractivity contribution in [3.05, 3.63) is 35.4 Å². The fourth-order valence-corrected chi connectivity index (χ4v) is 4.32. The normalized spacial score (nSPS) is 33.5. The van der Waals surface area contributed by atoms with Crippen LogP contribution in [0.3, 0.4) is 0 Å². The third-order valence-electron chi connectivity index (χ3n) is 4.09. The summed E-state index contributed by atoms with van der Waals surface area (Å²) in [6.07, 6.45) is 0.793. The van der Waals surface area contributed by atoms with E-state index >= 15 is 0 Å². The van der Waals surface area contributed by atoms with Crippen LogP contribution < -0.4 is 5.73 Å². The summed E-state index contributed by atoms with van der Waals surface area (Å²) in [5.74, 6) is -1.05. The van der Waals surface area contributed by atoms with Crippen LogP contribution in [-0.4, -0.2) is 23.6 Å². The van der Waals surface area contributed by atoms with Crippen LogP contribution in [0.5, 0.6) is 0 Å². The van der Waals surface area contributed by atoms with E-state index in [1.54, 1.807) is 0 Å². The summed E-state index contributed by atoms with van der Waals surface area (Å²) in [5.41, 5.74) is 5.44. The molecule has 2 aliphatic heterocycles. The molecule has 3 nitrogen and oxygen atoms in total. The summed E-state index contributed by atoms with van der Waals surface area (Å²) in [7, 11) is 0. The van der Waals surface area contributed by atoms with Crippen LogP contribution >= 0.6 is 11.8 Å². The summed E-state index contributed by atoms with van der Waals surface area (Å²) >= 11 is 1.50. The summed E-state index contributed by atoms with van der Waals surface area (Å²) < 4.78 is 32.9. The molecule has 3 atom stereocenters. The van der Waals surface area contributed by atoms with Crippen LogP contribution in [0.15, 0.2) is 23.2 Å². The minimum atomic E-state index is -0.829. The van der Waals surface area contributed by atoms with Crippen molar-refractivity contribution < 1.29 is 13.5 Å². The number of nitrogens with zero attached hydrogens (tertiary/aromatic N) is 1. The minimum Gasteiger partial charge on any atom is -0.379 e. The lowest BCUT2D eigenvalue weighted by molar-refractivity contribution is -0.00424. The number of amidine groups is 1. The number of hydrogen-bond acceptors (Lipinski definition) is 4. The van der Waals surface area contributed by atoms with Crippen LogP contribution in [0.4, 0.5) is 8.78 Å². The molecule has 0 saturated carbocycles. The number of thioether (sulfide) groups is 1. The van der Waals surface area contributed by atoms with Gasteiger partial charge in [-0.3, -0.25) is 0 Å². The highest BCUT2D eigenvalue weighted by atomic mass is 32.2. The highest BCUT2D eigenvalue weighted by Crippen LogP contribution is 2.48. The predicted molar refractivity (Wildman–Crippen MR) is 75.6 cm³/mol. The number of nitrogens with two attached hydrogens (primary N) is 1. The van der Waals surface area contributed by atoms with Gasteiger partial charge in [0, 0.05) is 29.4 Å². The third kappa shape index (κ3) is 2.11. The molecule has 1 fully saturated rings. The van der Waals surface area contributed by atoms with Crippen LogP contribution in [0, 0.1) is 17.6 Å². The zero-order valence-electron chi connectivity index (χ0n) is 11.1. The second-order valence-corrected chi connectivity index (χ2v) is 6.67. The van der Waals surface area contributed by atoms with Crippen molar-refractivity contribution in [1.29, 1.82) is 0 Å². The summed E-state index contributed by atoms with van der Waals surface area (Å²) in [5, 5.41) is 0.656. The van der Waals surface area contributed by atoms with Crippen molar-refractivity contribution >= 4 is 16.9 Å². The third-order valence-corrected chi connectivity index (χ3v) is 5.12. The summed E-state index contributed by atoms with van der Waals surface area (Å²) in [6.45, 7) is 2.99. The van der Waals surface area contributed by atoms with Gasteiger partial charge in [0.25, 0.3) is 0 Å². The maximum absolute atomic E-state index is 14.2. The monoisotopic (exact) mass is 298 g/mol. The number of ether oxygens (including phenoxy) is 1. The van der Waals surface area contributed by atoms with Gasteiger partial charge >= 0.3 is 0 Å². The number of hydrogen-bond donors (Lipinski definition) is 1. The lowest BCUT2D eigenvalue weighted by Crippen LogP contribution is -2.50. The standard InChI is InChI=1S/C14H16F2N2OS/c1-8-10-4-5-19-7-14(10,18-13(17)20-8)11-3-2-9(15)6-12(11)16/h2-3,6,8,10H,4-5,7H2,1H3,(H2,17,18). The van der Waals surface area contributed by atoms with Gasteiger partial charge in [0.2, 0.25) is 0 Å². The Morgan fingerprint density at radius 1 is 1.45 bits per heavy atom. The Morgan fingerprint density at radius 2 is 2.25 bits per heavy atom. The number of halogens is 2. The molecule has 2 N–H and O–H groups in total. The van der Waals surface area contributed by atoms with E-state index in [2.05, 4.69) is 11.9 Å². The Kier molecular flexibility index (Phi) is 3.46. The zero-order valence-corrected chi connectivity index (χ0v) is 11.9. The summed E-state index contributed by atoms with van der Waals surface area (Å²) in [6, 6.07) is 3.62. The first-order valence-corrected chi connectivity index (χ1v) is 7.46. The molecule has 3 rings (SSSR count). The van der Waals surface area contributed by atoms with E-state index < -0.39 is 17.2 Å². The second kappa shape index (κ2) is 5.00. The van der Waals surface area contributed by atoms with Gasteiger partial charge in [-0.1, -0.05) is 24.8 Å². The zero-order chi connectivity index (χ0) is 14.3. The Balaban J connectivity index is 2.16. The molecule has 0 spiro atoms. The molecule has 0 aromatic heterocycles. The molecule has 6 heteroatoms. The molecular weight excluding hydrogens is 282 g/mol. The molecule has 1 saturated heterocycles. The van der Waals surface area contributed by atoms with Gasteiger partial charge in [-0.2, -0.15) is 0 Å². The number of aliphatic imine (C=N–C) groups is 1. The molecule has 2 heterocycles. The Hall–Kier alpha value is -1.14. The number of benzene rings is 1. The Labute approximate surface area is 120 Å². The van der Waals surface area contributed by atoms with Gasteiger partial charge in [0.15, 0.2) is 5.17 Å². The van der Waals surface area contributed by atoms with Gasteiger partial charge in [-0.25, -0.2) is 13.8 Å². The average Bonchev–Trinajstić information content (AvgIpc) is 2.37. The van der Waals surface area contributed by atoms with Crippen molar-refractivity contribution in [2.75, 3.05) is 13.2 Å². The van der Waals surface area contributed by atoms with E-state index in [-0.39, 0.29) is 17.8 Å². The van der Waals surface area contributed by atoms with E-state index in [9.17, 15) is 8.78 Å². The summed E-state index contributed by atoms with van der Waals surface area (Å²) in [4.78, 5) is 4.52. The molecule has 1 aromatic rings. The van der Waals surface area contributed by atoms with Gasteiger partial charge in [0.1, 0.15) is 17.2 Å². The smallest absolute Gasteiger partial charge is 0.155 e. The molecule has 0 amide bonds. The Bertz CT molecular complexity index is 566.